The van der Waals surface area contributed by atoms with E-state index in [2.05, 4.69) is 26.8 Å². The van der Waals surface area contributed by atoms with Gasteiger partial charge in [0.2, 0.25) is 0 Å². The van der Waals surface area contributed by atoms with E-state index in [9.17, 15) is 9.18 Å². The number of hydrogen-bond donors (Lipinski definition) is 2. The van der Waals surface area contributed by atoms with Crippen molar-refractivity contribution in [3.63, 3.8) is 0 Å². The normalized spacial score (nSPS) is 9.50. The number of amides is 1. The lowest BCUT2D eigenvalue weighted by Gasteiger charge is -2.07. The first-order valence-electron chi connectivity index (χ1n) is 4.65. The van der Waals surface area contributed by atoms with Crippen LogP contribution in [0.1, 0.15) is 13.8 Å². The van der Waals surface area contributed by atoms with Crippen molar-refractivity contribution in [2.24, 2.45) is 0 Å². The Balaban J connectivity index is 2.62. The van der Waals surface area contributed by atoms with E-state index in [1.165, 1.54) is 18.2 Å². The summed E-state index contributed by atoms with van der Waals surface area (Å²) < 4.78 is 13.9. The van der Waals surface area contributed by atoms with Crippen LogP contribution in [0.5, 0.6) is 0 Å². The lowest BCUT2D eigenvalue weighted by molar-refractivity contribution is -0.116. The molecule has 5 heteroatoms. The molecule has 0 saturated carbocycles. The van der Waals surface area contributed by atoms with Gasteiger partial charge in [-0.15, -0.1) is 0 Å². The molecule has 1 amide bonds. The molecule has 3 nitrogen and oxygen atoms in total. The van der Waals surface area contributed by atoms with Crippen LogP contribution in [-0.2, 0) is 4.79 Å². The summed E-state index contributed by atoms with van der Waals surface area (Å²) in [6, 6.07) is 4.52. The Kier molecular flexibility index (Phi) is 4.49. The minimum absolute atomic E-state index is 0.221. The molecule has 2 N–H and O–H groups in total. The first-order chi connectivity index (χ1) is 7.49. The van der Waals surface area contributed by atoms with Crippen molar-refractivity contribution in [3.05, 3.63) is 40.1 Å². The third-order valence-corrected chi connectivity index (χ3v) is 2.16. The van der Waals surface area contributed by atoms with Crippen molar-refractivity contribution in [2.75, 3.05) is 5.43 Å². The highest BCUT2D eigenvalue weighted by molar-refractivity contribution is 9.10. The van der Waals surface area contributed by atoms with Gasteiger partial charge in [-0.25, -0.2) is 4.39 Å². The number of halogens is 2. The summed E-state index contributed by atoms with van der Waals surface area (Å²) in [5.41, 5.74) is 5.97. The second-order valence-electron chi connectivity index (χ2n) is 3.46. The van der Waals surface area contributed by atoms with Crippen LogP contribution in [0, 0.1) is 5.82 Å². The zero-order chi connectivity index (χ0) is 12.1. The Morgan fingerprint density at radius 2 is 2.12 bits per heavy atom. The quantitative estimate of drug-likeness (QED) is 0.663. The summed E-state index contributed by atoms with van der Waals surface area (Å²) in [6.07, 6.45) is 1.42. The topological polar surface area (TPSA) is 41.1 Å². The maximum absolute atomic E-state index is 13.3. The van der Waals surface area contributed by atoms with Gasteiger partial charge < -0.3 is 0 Å². The molecule has 1 aromatic carbocycles. The summed E-state index contributed by atoms with van der Waals surface area (Å²) in [4.78, 5) is 11.2. The Morgan fingerprint density at radius 3 is 2.69 bits per heavy atom. The van der Waals surface area contributed by atoms with Crippen LogP contribution in [0.4, 0.5) is 10.1 Å². The Morgan fingerprint density at radius 1 is 1.44 bits per heavy atom. The molecule has 86 valence electrons. The molecular formula is C11H12BrFN2O. The van der Waals surface area contributed by atoms with Gasteiger partial charge in [0.25, 0.3) is 5.91 Å². The summed E-state index contributed by atoms with van der Waals surface area (Å²) in [5.74, 6) is -0.755. The Bertz CT molecular complexity index is 428. The lowest BCUT2D eigenvalue weighted by Crippen LogP contribution is -2.28. The zero-order valence-electron chi connectivity index (χ0n) is 8.97. The second-order valence-corrected chi connectivity index (χ2v) is 4.38. The maximum Gasteiger partial charge on any atom is 0.262 e. The predicted octanol–water partition coefficient (Wildman–Crippen LogP) is 3.00. The number of nitrogens with one attached hydrogen (secondary N) is 2. The van der Waals surface area contributed by atoms with E-state index in [-0.39, 0.29) is 11.6 Å². The number of rotatable bonds is 3. The number of benzene rings is 1. The summed E-state index contributed by atoms with van der Waals surface area (Å²) in [6.45, 7) is 3.61. The highest BCUT2D eigenvalue weighted by Gasteiger charge is 2.02. The van der Waals surface area contributed by atoms with Crippen molar-refractivity contribution in [2.45, 2.75) is 13.8 Å². The molecule has 0 heterocycles. The fourth-order valence-electron chi connectivity index (χ4n) is 1.02. The highest BCUT2D eigenvalue weighted by atomic mass is 79.9. The number of hydrogen-bond acceptors (Lipinski definition) is 2. The molecule has 0 fully saturated rings. The van der Waals surface area contributed by atoms with E-state index in [4.69, 9.17) is 0 Å². The third kappa shape index (κ3) is 4.02. The molecule has 0 aliphatic carbocycles. The van der Waals surface area contributed by atoms with Gasteiger partial charge in [-0.1, -0.05) is 21.5 Å². The van der Waals surface area contributed by atoms with E-state index in [1.807, 2.05) is 0 Å². The lowest BCUT2D eigenvalue weighted by atomic mass is 10.3. The average Bonchev–Trinajstić information content (AvgIpc) is 2.15. The summed E-state index contributed by atoms with van der Waals surface area (Å²) in [7, 11) is 0. The van der Waals surface area contributed by atoms with Gasteiger partial charge >= 0.3 is 0 Å². The van der Waals surface area contributed by atoms with E-state index in [1.54, 1.807) is 19.9 Å². The van der Waals surface area contributed by atoms with Gasteiger partial charge in [-0.05, 0) is 32.0 Å². The van der Waals surface area contributed by atoms with Gasteiger partial charge in [0.15, 0.2) is 0 Å². The number of carbonyl (C=O) groups is 1. The third-order valence-electron chi connectivity index (χ3n) is 1.67. The number of allylic oxidation sites excluding steroid dienone is 1. The first kappa shape index (κ1) is 12.7. The molecule has 0 radical (unpaired) electrons. The molecule has 1 rings (SSSR count). The predicted molar refractivity (Wildman–Crippen MR) is 65.3 cm³/mol. The van der Waals surface area contributed by atoms with Crippen molar-refractivity contribution in [1.82, 2.24) is 5.43 Å². The van der Waals surface area contributed by atoms with Crippen LogP contribution in [-0.4, -0.2) is 5.91 Å². The number of carbonyl (C=O) groups excluding carboxylic acids is 1. The van der Waals surface area contributed by atoms with Crippen molar-refractivity contribution >= 4 is 27.5 Å². The minimum Gasteiger partial charge on any atom is -0.295 e. The molecule has 0 unspecified atom stereocenters. The van der Waals surface area contributed by atoms with Crippen LogP contribution in [0.3, 0.4) is 0 Å². The van der Waals surface area contributed by atoms with Crippen molar-refractivity contribution in [3.8, 4) is 0 Å². The molecule has 0 aliphatic rings. The number of hydrazine groups is 1. The van der Waals surface area contributed by atoms with Gasteiger partial charge in [-0.2, -0.15) is 0 Å². The monoisotopic (exact) mass is 286 g/mol. The van der Waals surface area contributed by atoms with E-state index in [0.29, 0.717) is 4.47 Å². The molecule has 0 aliphatic heterocycles. The van der Waals surface area contributed by atoms with Crippen LogP contribution < -0.4 is 10.9 Å². The van der Waals surface area contributed by atoms with E-state index < -0.39 is 5.82 Å². The fourth-order valence-corrected chi connectivity index (χ4v) is 1.35. The SMILES string of the molecule is CC(C)=CC(=O)NNc1ccc(Br)cc1F. The highest BCUT2D eigenvalue weighted by Crippen LogP contribution is 2.18. The van der Waals surface area contributed by atoms with Gasteiger partial charge in [0, 0.05) is 10.5 Å². The van der Waals surface area contributed by atoms with Crippen molar-refractivity contribution in [1.29, 1.82) is 0 Å². The molecule has 1 aromatic rings. The average molecular weight is 287 g/mol. The largest absolute Gasteiger partial charge is 0.295 e. The summed E-state index contributed by atoms with van der Waals surface area (Å²) in [5, 5.41) is 0. The van der Waals surface area contributed by atoms with Crippen LogP contribution >= 0.6 is 15.9 Å². The maximum atomic E-state index is 13.3. The smallest absolute Gasteiger partial charge is 0.262 e. The van der Waals surface area contributed by atoms with E-state index in [0.717, 1.165) is 5.57 Å². The molecule has 0 bridgehead atoms. The standard InChI is InChI=1S/C11H12BrFN2O/c1-7(2)5-11(16)15-14-10-4-3-8(12)6-9(10)13/h3-6,14H,1-2H3,(H,15,16). The fraction of sp³-hybridized carbons (Fsp3) is 0.182. The van der Waals surface area contributed by atoms with Crippen LogP contribution in [0.2, 0.25) is 0 Å². The van der Waals surface area contributed by atoms with Gasteiger partial charge in [0.05, 0.1) is 5.69 Å². The molecular weight excluding hydrogens is 275 g/mol. The second kappa shape index (κ2) is 5.65. The minimum atomic E-state index is -0.438. The number of anilines is 1. The first-order valence-corrected chi connectivity index (χ1v) is 5.44. The van der Waals surface area contributed by atoms with Crippen LogP contribution in [0.25, 0.3) is 0 Å². The molecule has 0 aromatic heterocycles. The molecule has 0 atom stereocenters. The van der Waals surface area contributed by atoms with Crippen molar-refractivity contribution < 1.29 is 9.18 Å². The van der Waals surface area contributed by atoms with Gasteiger partial charge in [-0.3, -0.25) is 15.6 Å². The van der Waals surface area contributed by atoms with E-state index >= 15 is 0 Å². The Hall–Kier alpha value is -1.36. The molecule has 0 spiro atoms. The Labute approximate surface area is 102 Å². The molecule has 0 saturated heterocycles. The zero-order valence-corrected chi connectivity index (χ0v) is 10.6. The van der Waals surface area contributed by atoms with Gasteiger partial charge in [0.1, 0.15) is 5.82 Å². The van der Waals surface area contributed by atoms with Crippen LogP contribution in [0.15, 0.2) is 34.3 Å². The summed E-state index contributed by atoms with van der Waals surface area (Å²) >= 11 is 3.14. The molecule has 16 heavy (non-hydrogen) atoms.